The second-order valence-corrected chi connectivity index (χ2v) is 9.39. The molecule has 172 valence electrons. The number of thioether (sulfide) groups is 2. The quantitative estimate of drug-likeness (QED) is 0.485. The molecule has 6 nitrogen and oxygen atoms in total. The van der Waals surface area contributed by atoms with Crippen molar-refractivity contribution in [2.24, 2.45) is 0 Å². The molecule has 0 spiro atoms. The second-order valence-electron chi connectivity index (χ2n) is 7.55. The highest BCUT2D eigenvalue weighted by Gasteiger charge is 2.21. The van der Waals surface area contributed by atoms with Gasteiger partial charge in [-0.1, -0.05) is 23.9 Å². The number of hydrogen-bond donors (Lipinski definition) is 1. The van der Waals surface area contributed by atoms with Crippen molar-refractivity contribution in [1.82, 2.24) is 15.3 Å². The Balaban J connectivity index is 1.29. The number of nitrogens with zero attached hydrogens (tertiary/aromatic N) is 4. The van der Waals surface area contributed by atoms with E-state index in [1.807, 2.05) is 30.5 Å². The molecule has 3 aromatic rings. The van der Waals surface area contributed by atoms with Crippen molar-refractivity contribution in [1.29, 1.82) is 0 Å². The van der Waals surface area contributed by atoms with Gasteiger partial charge in [-0.05, 0) is 48.2 Å². The van der Waals surface area contributed by atoms with Gasteiger partial charge < -0.3 is 15.1 Å². The highest BCUT2D eigenvalue weighted by Crippen LogP contribution is 2.27. The number of piperazine rings is 1. The van der Waals surface area contributed by atoms with E-state index in [1.54, 1.807) is 24.2 Å². The lowest BCUT2D eigenvalue weighted by molar-refractivity contribution is -0.118. The number of anilines is 2. The SMILES string of the molecule is CSc1ccc(CNC(=O)CSc2nccnc2N2CCN(c3ccc(F)cc3)CC2)cc1. The normalized spacial score (nSPS) is 13.8. The average molecular weight is 484 g/mol. The van der Waals surface area contributed by atoms with Gasteiger partial charge in [0.25, 0.3) is 0 Å². The minimum absolute atomic E-state index is 0.0355. The molecule has 1 aliphatic heterocycles. The van der Waals surface area contributed by atoms with Crippen LogP contribution >= 0.6 is 23.5 Å². The van der Waals surface area contributed by atoms with Crippen LogP contribution in [0.15, 0.2) is 70.8 Å². The Labute approximate surface area is 202 Å². The van der Waals surface area contributed by atoms with Gasteiger partial charge in [-0.15, -0.1) is 11.8 Å². The number of benzene rings is 2. The number of hydrogen-bond acceptors (Lipinski definition) is 7. The van der Waals surface area contributed by atoms with E-state index in [4.69, 9.17) is 0 Å². The minimum atomic E-state index is -0.226. The summed E-state index contributed by atoms with van der Waals surface area (Å²) in [6.07, 6.45) is 5.38. The molecule has 1 N–H and O–H groups in total. The molecule has 4 rings (SSSR count). The number of halogens is 1. The van der Waals surface area contributed by atoms with E-state index in [-0.39, 0.29) is 17.5 Å². The molecule has 1 aliphatic rings. The van der Waals surface area contributed by atoms with Gasteiger partial charge in [-0.3, -0.25) is 4.79 Å². The van der Waals surface area contributed by atoms with Crippen molar-refractivity contribution in [2.75, 3.05) is 48.0 Å². The minimum Gasteiger partial charge on any atom is -0.368 e. The van der Waals surface area contributed by atoms with Crippen LogP contribution in [0.5, 0.6) is 0 Å². The molecule has 0 bridgehead atoms. The molecule has 0 unspecified atom stereocenters. The summed E-state index contributed by atoms with van der Waals surface area (Å²) in [7, 11) is 0. The second kappa shape index (κ2) is 11.4. The predicted octanol–water partition coefficient (Wildman–Crippen LogP) is 4.07. The highest BCUT2D eigenvalue weighted by molar-refractivity contribution is 8.00. The summed E-state index contributed by atoms with van der Waals surface area (Å²) in [5, 5.41) is 3.73. The molecular weight excluding hydrogens is 457 g/mol. The first kappa shape index (κ1) is 23.4. The van der Waals surface area contributed by atoms with Gasteiger partial charge in [0, 0.05) is 55.7 Å². The van der Waals surface area contributed by atoms with Crippen LogP contribution < -0.4 is 15.1 Å². The van der Waals surface area contributed by atoms with Crippen LogP contribution in [-0.4, -0.2) is 54.1 Å². The van der Waals surface area contributed by atoms with Crippen LogP contribution in [0.3, 0.4) is 0 Å². The fraction of sp³-hybridized carbons (Fsp3) is 0.292. The fourth-order valence-corrected chi connectivity index (χ4v) is 4.82. The molecule has 2 heterocycles. The summed E-state index contributed by atoms with van der Waals surface area (Å²) in [6, 6.07) is 14.8. The lowest BCUT2D eigenvalue weighted by Gasteiger charge is -2.37. The van der Waals surface area contributed by atoms with Gasteiger partial charge in [0.2, 0.25) is 5.91 Å². The standard InChI is InChI=1S/C24H26FN5OS2/c1-32-21-8-2-18(3-9-21)16-28-22(31)17-33-24-23(26-10-11-27-24)30-14-12-29(13-15-30)20-6-4-19(25)5-7-20/h2-11H,12-17H2,1H3,(H,28,31). The van der Waals surface area contributed by atoms with Gasteiger partial charge in [0.1, 0.15) is 10.8 Å². The maximum absolute atomic E-state index is 13.2. The molecule has 2 aromatic carbocycles. The third-order valence-corrected chi connectivity index (χ3v) is 7.12. The lowest BCUT2D eigenvalue weighted by atomic mass is 10.2. The summed E-state index contributed by atoms with van der Waals surface area (Å²) >= 11 is 3.10. The van der Waals surface area contributed by atoms with Crippen molar-refractivity contribution < 1.29 is 9.18 Å². The summed E-state index contributed by atoms with van der Waals surface area (Å²) in [5.74, 6) is 0.828. The maximum Gasteiger partial charge on any atom is 0.230 e. The van der Waals surface area contributed by atoms with Crippen LogP contribution in [0.1, 0.15) is 5.56 Å². The Hall–Kier alpha value is -2.78. The van der Waals surface area contributed by atoms with E-state index in [0.717, 1.165) is 48.3 Å². The first-order valence-electron chi connectivity index (χ1n) is 10.7. The molecular formula is C24H26FN5OS2. The maximum atomic E-state index is 13.2. The van der Waals surface area contributed by atoms with Crippen molar-refractivity contribution in [3.05, 3.63) is 72.3 Å². The van der Waals surface area contributed by atoms with Crippen LogP contribution in [0, 0.1) is 5.82 Å². The van der Waals surface area contributed by atoms with E-state index >= 15 is 0 Å². The summed E-state index contributed by atoms with van der Waals surface area (Å²) < 4.78 is 13.2. The molecule has 0 saturated carbocycles. The van der Waals surface area contributed by atoms with E-state index in [9.17, 15) is 9.18 Å². The zero-order valence-electron chi connectivity index (χ0n) is 18.4. The molecule has 0 aliphatic carbocycles. The van der Waals surface area contributed by atoms with E-state index < -0.39 is 0 Å². The van der Waals surface area contributed by atoms with Gasteiger partial charge in [-0.2, -0.15) is 0 Å². The Kier molecular flexibility index (Phi) is 8.06. The van der Waals surface area contributed by atoms with Crippen molar-refractivity contribution in [3.8, 4) is 0 Å². The first-order chi connectivity index (χ1) is 16.1. The Morgan fingerprint density at radius 2 is 1.64 bits per heavy atom. The smallest absolute Gasteiger partial charge is 0.230 e. The Morgan fingerprint density at radius 3 is 2.33 bits per heavy atom. The molecule has 9 heteroatoms. The summed E-state index contributed by atoms with van der Waals surface area (Å²) in [5.41, 5.74) is 2.09. The number of rotatable bonds is 8. The van der Waals surface area contributed by atoms with Crippen LogP contribution in [0.4, 0.5) is 15.9 Å². The zero-order valence-corrected chi connectivity index (χ0v) is 20.0. The molecule has 33 heavy (non-hydrogen) atoms. The van der Waals surface area contributed by atoms with E-state index in [0.29, 0.717) is 6.54 Å². The van der Waals surface area contributed by atoms with Crippen molar-refractivity contribution in [3.63, 3.8) is 0 Å². The van der Waals surface area contributed by atoms with Crippen LogP contribution in [0.2, 0.25) is 0 Å². The average Bonchev–Trinajstić information content (AvgIpc) is 2.87. The van der Waals surface area contributed by atoms with Crippen molar-refractivity contribution >= 4 is 40.9 Å². The third-order valence-electron chi connectivity index (χ3n) is 5.41. The van der Waals surface area contributed by atoms with Crippen molar-refractivity contribution in [2.45, 2.75) is 16.5 Å². The molecule has 1 aromatic heterocycles. The van der Waals surface area contributed by atoms with E-state index in [2.05, 4.69) is 37.2 Å². The molecule has 1 amide bonds. The van der Waals surface area contributed by atoms with Gasteiger partial charge in [0.05, 0.1) is 5.75 Å². The molecule has 1 fully saturated rings. The highest BCUT2D eigenvalue weighted by atomic mass is 32.2. The van der Waals surface area contributed by atoms with Crippen LogP contribution in [0.25, 0.3) is 0 Å². The number of nitrogens with one attached hydrogen (secondary N) is 1. The lowest BCUT2D eigenvalue weighted by Crippen LogP contribution is -2.47. The fourth-order valence-electron chi connectivity index (χ4n) is 3.59. The molecule has 1 saturated heterocycles. The van der Waals surface area contributed by atoms with Gasteiger partial charge in [-0.25, -0.2) is 14.4 Å². The first-order valence-corrected chi connectivity index (χ1v) is 12.9. The Morgan fingerprint density at radius 1 is 0.970 bits per heavy atom. The largest absolute Gasteiger partial charge is 0.368 e. The zero-order chi connectivity index (χ0) is 23.0. The number of carbonyl (C=O) groups excluding carboxylic acids is 1. The number of carbonyl (C=O) groups is 1. The number of amides is 1. The number of aromatic nitrogens is 2. The van der Waals surface area contributed by atoms with Gasteiger partial charge in [0.15, 0.2) is 5.82 Å². The predicted molar refractivity (Wildman–Crippen MR) is 134 cm³/mol. The summed E-state index contributed by atoms with van der Waals surface area (Å²) in [4.78, 5) is 27.0. The van der Waals surface area contributed by atoms with Crippen LogP contribution in [-0.2, 0) is 11.3 Å². The monoisotopic (exact) mass is 483 g/mol. The third kappa shape index (κ3) is 6.39. The van der Waals surface area contributed by atoms with E-state index in [1.165, 1.54) is 28.8 Å². The molecule has 0 radical (unpaired) electrons. The summed E-state index contributed by atoms with van der Waals surface area (Å²) in [6.45, 7) is 3.68. The van der Waals surface area contributed by atoms with Gasteiger partial charge >= 0.3 is 0 Å². The Bertz CT molecular complexity index is 1060. The topological polar surface area (TPSA) is 61.4 Å². The molecule has 0 atom stereocenters.